The Morgan fingerprint density at radius 2 is 1.91 bits per heavy atom. The van der Waals surface area contributed by atoms with Crippen molar-refractivity contribution in [3.63, 3.8) is 0 Å². The summed E-state index contributed by atoms with van der Waals surface area (Å²) in [6, 6.07) is 8.29. The lowest BCUT2D eigenvalue weighted by Crippen LogP contribution is -2.31. The van der Waals surface area contributed by atoms with E-state index < -0.39 is 18.0 Å². The van der Waals surface area contributed by atoms with Crippen LogP contribution in [0.5, 0.6) is 0 Å². The third-order valence-corrected chi connectivity index (χ3v) is 7.68. The van der Waals surface area contributed by atoms with Gasteiger partial charge in [-0.3, -0.25) is 14.3 Å². The highest BCUT2D eigenvalue weighted by Crippen LogP contribution is 2.30. The van der Waals surface area contributed by atoms with Crippen molar-refractivity contribution in [2.45, 2.75) is 45.9 Å². The second-order valence-electron chi connectivity index (χ2n) is 11.8. The van der Waals surface area contributed by atoms with Gasteiger partial charge in [0.15, 0.2) is 19.6 Å². The van der Waals surface area contributed by atoms with Crippen LogP contribution in [0.3, 0.4) is 0 Å². The third-order valence-electron chi connectivity index (χ3n) is 7.68. The Balaban J connectivity index is 1.44. The number of hydrogen-bond donors (Lipinski definition) is 2. The molecule has 2 radical (unpaired) electrons. The van der Waals surface area contributed by atoms with Crippen LogP contribution in [0, 0.1) is 5.82 Å². The van der Waals surface area contributed by atoms with E-state index in [0.29, 0.717) is 42.0 Å². The Labute approximate surface area is 247 Å². The van der Waals surface area contributed by atoms with E-state index in [-0.39, 0.29) is 33.4 Å². The van der Waals surface area contributed by atoms with Gasteiger partial charge in [0.2, 0.25) is 0 Å². The van der Waals surface area contributed by atoms with Crippen molar-refractivity contribution in [3.8, 4) is 16.9 Å². The summed E-state index contributed by atoms with van der Waals surface area (Å²) in [6.07, 6.45) is 4.52. The third kappa shape index (κ3) is 5.14. The molecule has 43 heavy (non-hydrogen) atoms. The van der Waals surface area contributed by atoms with Crippen molar-refractivity contribution < 1.29 is 9.50 Å². The molecule has 0 aliphatic carbocycles. The van der Waals surface area contributed by atoms with Crippen LogP contribution in [-0.2, 0) is 32.2 Å². The fourth-order valence-electron chi connectivity index (χ4n) is 5.34. The summed E-state index contributed by atoms with van der Waals surface area (Å²) in [7, 11) is 7.55. The monoisotopic (exact) mass is 580 g/mol. The maximum absolute atomic E-state index is 15.3. The predicted molar refractivity (Wildman–Crippen MR) is 162 cm³/mol. The average molecular weight is 580 g/mol. The Morgan fingerprint density at radius 1 is 1.12 bits per heavy atom. The fourth-order valence-corrected chi connectivity index (χ4v) is 5.34. The van der Waals surface area contributed by atoms with E-state index in [0.717, 1.165) is 15.9 Å². The highest BCUT2D eigenvalue weighted by atomic mass is 19.1. The number of aliphatic hydroxyl groups is 1. The number of rotatable bonds is 5. The van der Waals surface area contributed by atoms with E-state index >= 15 is 4.39 Å². The number of pyridine rings is 2. The summed E-state index contributed by atoms with van der Waals surface area (Å²) in [6.45, 7) is 7.23. The van der Waals surface area contributed by atoms with Gasteiger partial charge in [0.25, 0.3) is 11.1 Å². The number of nitrogens with zero attached hydrogens (tertiary/aromatic N) is 7. The molecule has 0 bridgehead atoms. The van der Waals surface area contributed by atoms with Crippen molar-refractivity contribution in [2.24, 2.45) is 7.05 Å². The summed E-state index contributed by atoms with van der Waals surface area (Å²) in [5, 5.41) is 22.7. The number of benzene rings is 1. The highest BCUT2D eigenvalue weighted by molar-refractivity contribution is 6.04. The second kappa shape index (κ2) is 10.6. The zero-order valence-electron chi connectivity index (χ0n) is 24.3. The number of halogens is 1. The molecule has 0 saturated heterocycles. The molecule has 0 amide bonds. The normalized spacial score (nSPS) is 13.8. The Bertz CT molecular complexity index is 2010. The predicted octanol–water partition coefficient (Wildman–Crippen LogP) is 2.91. The molecule has 218 valence electrons. The van der Waals surface area contributed by atoms with E-state index in [4.69, 9.17) is 7.98 Å². The number of nitrogens with one attached hydrogen (secondary N) is 1. The van der Waals surface area contributed by atoms with Crippen molar-refractivity contribution in [1.82, 2.24) is 33.9 Å². The number of aryl methyl sites for hydroxylation is 1. The Morgan fingerprint density at radius 3 is 2.65 bits per heavy atom. The SMILES string of the molecule is [B]N1CCn2nc(Nc3cc(-c4ccnc(-n5ncc6cc(C(C)(C)C)cc(F)c6c5=O)c4CO)cn(C)c3=O)cc2C1. The van der Waals surface area contributed by atoms with Crippen molar-refractivity contribution in [3.05, 3.63) is 92.3 Å². The minimum Gasteiger partial charge on any atom is -0.392 e. The lowest BCUT2D eigenvalue weighted by molar-refractivity contribution is 0.281. The topological polar surface area (TPSA) is 123 Å². The zero-order valence-corrected chi connectivity index (χ0v) is 24.3. The van der Waals surface area contributed by atoms with Gasteiger partial charge in [-0.15, -0.1) is 0 Å². The van der Waals surface area contributed by atoms with Gasteiger partial charge in [-0.2, -0.15) is 14.9 Å². The molecule has 1 aliphatic heterocycles. The van der Waals surface area contributed by atoms with Gasteiger partial charge < -0.3 is 19.8 Å². The van der Waals surface area contributed by atoms with Gasteiger partial charge in [0.05, 0.1) is 30.4 Å². The molecular formula is C30H30BFN8O3. The van der Waals surface area contributed by atoms with Gasteiger partial charge in [0.1, 0.15) is 11.5 Å². The summed E-state index contributed by atoms with van der Waals surface area (Å²) < 4.78 is 19.6. The standard InChI is InChI=1S/C30H30BFN8O3/c1-30(2,3)19-9-17-13-34-40(29(43)26(17)23(32)11-19)27-22(16-41)21(5-6-33-27)18-10-24(28(42)37(4)14-18)35-25-12-20-15-38(31)7-8-39(20)36-25/h5-6,9-14,41H,7-8,15-16H2,1-4H3,(H,35,36). The Hall–Kier alpha value is -4.62. The lowest BCUT2D eigenvalue weighted by atomic mass is 9.86. The number of fused-ring (bicyclic) bond motifs is 2. The maximum atomic E-state index is 15.3. The van der Waals surface area contributed by atoms with Gasteiger partial charge in [0, 0.05) is 55.1 Å². The van der Waals surface area contributed by atoms with E-state index in [1.165, 1.54) is 23.0 Å². The second-order valence-corrected chi connectivity index (χ2v) is 11.8. The minimum absolute atomic E-state index is 0.0580. The summed E-state index contributed by atoms with van der Waals surface area (Å²) in [5.41, 5.74) is 2.00. The number of aromatic nitrogens is 6. The van der Waals surface area contributed by atoms with Gasteiger partial charge in [-0.25, -0.2) is 9.37 Å². The van der Waals surface area contributed by atoms with Crippen LogP contribution in [0.2, 0.25) is 0 Å². The molecular weight excluding hydrogens is 550 g/mol. The molecule has 5 aromatic rings. The smallest absolute Gasteiger partial charge is 0.283 e. The van der Waals surface area contributed by atoms with E-state index in [9.17, 15) is 14.7 Å². The van der Waals surface area contributed by atoms with Crippen LogP contribution in [0.25, 0.3) is 27.7 Å². The molecule has 0 fully saturated rings. The first-order valence-corrected chi connectivity index (χ1v) is 13.8. The van der Waals surface area contributed by atoms with E-state index in [2.05, 4.69) is 20.5 Å². The molecule has 0 atom stereocenters. The van der Waals surface area contributed by atoms with E-state index in [1.807, 2.05) is 31.5 Å². The first-order chi connectivity index (χ1) is 20.4. The first-order valence-electron chi connectivity index (χ1n) is 13.8. The van der Waals surface area contributed by atoms with Crippen LogP contribution in [-0.4, -0.2) is 53.6 Å². The van der Waals surface area contributed by atoms with Gasteiger partial charge in [-0.05, 0) is 40.8 Å². The molecule has 1 aromatic carbocycles. The number of hydrogen-bond acceptors (Lipinski definition) is 8. The molecule has 4 aromatic heterocycles. The molecule has 13 heteroatoms. The summed E-state index contributed by atoms with van der Waals surface area (Å²) in [5.74, 6) is -0.0947. The van der Waals surface area contributed by atoms with Crippen LogP contribution >= 0.6 is 0 Å². The fraction of sp³-hybridized carbons (Fsp3) is 0.300. The molecule has 0 saturated carbocycles. The van der Waals surface area contributed by atoms with Crippen molar-refractivity contribution in [2.75, 3.05) is 11.9 Å². The van der Waals surface area contributed by atoms with Crippen molar-refractivity contribution >= 4 is 30.3 Å². The molecule has 6 rings (SSSR count). The van der Waals surface area contributed by atoms with E-state index in [1.54, 1.807) is 36.3 Å². The quantitative estimate of drug-likeness (QED) is 0.305. The molecule has 2 N–H and O–H groups in total. The van der Waals surface area contributed by atoms with Crippen LogP contribution in [0.15, 0.2) is 58.5 Å². The van der Waals surface area contributed by atoms with Crippen LogP contribution in [0.1, 0.15) is 37.6 Å². The lowest BCUT2D eigenvalue weighted by Gasteiger charge is -2.23. The van der Waals surface area contributed by atoms with Gasteiger partial charge in [-0.1, -0.05) is 20.8 Å². The molecule has 1 aliphatic rings. The zero-order chi connectivity index (χ0) is 30.6. The van der Waals surface area contributed by atoms with Crippen molar-refractivity contribution in [1.29, 1.82) is 0 Å². The molecule has 0 unspecified atom stereocenters. The van der Waals surface area contributed by atoms with Crippen LogP contribution < -0.4 is 16.4 Å². The maximum Gasteiger partial charge on any atom is 0.283 e. The minimum atomic E-state index is -0.697. The van der Waals surface area contributed by atoms with Gasteiger partial charge >= 0.3 is 0 Å². The van der Waals surface area contributed by atoms with Crippen LogP contribution in [0.4, 0.5) is 15.9 Å². The summed E-state index contributed by atoms with van der Waals surface area (Å²) in [4.78, 5) is 32.7. The number of aliphatic hydroxyl groups excluding tert-OH is 1. The number of anilines is 2. The molecule has 5 heterocycles. The summed E-state index contributed by atoms with van der Waals surface area (Å²) >= 11 is 0. The highest BCUT2D eigenvalue weighted by Gasteiger charge is 2.22. The average Bonchev–Trinajstić information content (AvgIpc) is 3.35. The molecule has 0 spiro atoms. The largest absolute Gasteiger partial charge is 0.392 e. The Kier molecular flexibility index (Phi) is 7.01. The molecule has 11 nitrogen and oxygen atoms in total. The first kappa shape index (κ1) is 28.5.